The first-order valence-electron chi connectivity index (χ1n) is 6.97. The lowest BCUT2D eigenvalue weighted by Crippen LogP contribution is -2.31. The number of hydrogen-bond donors (Lipinski definition) is 2. The van der Waals surface area contributed by atoms with Crippen LogP contribution in [0.3, 0.4) is 0 Å². The summed E-state index contributed by atoms with van der Waals surface area (Å²) >= 11 is 0. The Labute approximate surface area is 140 Å². The summed E-state index contributed by atoms with van der Waals surface area (Å²) < 4.78 is 12.5. The molecule has 1 heterocycles. The molecule has 1 unspecified atom stereocenters. The predicted molar refractivity (Wildman–Crippen MR) is 85.5 cm³/mol. The zero-order valence-corrected chi connectivity index (χ0v) is 13.4. The first kappa shape index (κ1) is 17.6. The lowest BCUT2D eigenvalue weighted by atomic mass is 10.0. The van der Waals surface area contributed by atoms with E-state index in [0.717, 1.165) is 0 Å². The Kier molecular flexibility index (Phi) is 5.64. The molecule has 0 saturated heterocycles. The molecule has 2 rings (SSSR count). The first-order chi connectivity index (χ1) is 11.4. The van der Waals surface area contributed by atoms with E-state index < -0.39 is 22.7 Å². The van der Waals surface area contributed by atoms with Crippen molar-refractivity contribution in [3.63, 3.8) is 0 Å². The monoisotopic (exact) mass is 349 g/mol. The molecule has 0 saturated carbocycles. The van der Waals surface area contributed by atoms with E-state index in [1.54, 1.807) is 30.3 Å². The van der Waals surface area contributed by atoms with Gasteiger partial charge in [0.25, 0.3) is 0 Å². The number of aldehydes is 1. The van der Waals surface area contributed by atoms with Gasteiger partial charge in [-0.05, 0) is 12.1 Å². The SMILES string of the molecule is O=CCN1C=C(C(=O)O)CC(C(=O)O)=C1CS(=O)c1ccccc1. The molecular formula is C16H15NO6S. The van der Waals surface area contributed by atoms with Crippen LogP contribution in [0.2, 0.25) is 0 Å². The van der Waals surface area contributed by atoms with Gasteiger partial charge in [-0.1, -0.05) is 18.2 Å². The van der Waals surface area contributed by atoms with E-state index in [2.05, 4.69) is 0 Å². The van der Waals surface area contributed by atoms with Crippen molar-refractivity contribution in [3.05, 3.63) is 53.4 Å². The van der Waals surface area contributed by atoms with Crippen LogP contribution in [0, 0.1) is 0 Å². The fourth-order valence-electron chi connectivity index (χ4n) is 2.30. The smallest absolute Gasteiger partial charge is 0.333 e. The third-order valence-electron chi connectivity index (χ3n) is 3.45. The third kappa shape index (κ3) is 3.96. The fourth-order valence-corrected chi connectivity index (χ4v) is 3.52. The van der Waals surface area contributed by atoms with E-state index >= 15 is 0 Å². The van der Waals surface area contributed by atoms with Crippen LogP contribution in [0.25, 0.3) is 0 Å². The van der Waals surface area contributed by atoms with Crippen molar-refractivity contribution in [2.24, 2.45) is 0 Å². The summed E-state index contributed by atoms with van der Waals surface area (Å²) in [4.78, 5) is 35.3. The molecule has 8 heteroatoms. The summed E-state index contributed by atoms with van der Waals surface area (Å²) in [5.41, 5.74) is -0.119. The average molecular weight is 349 g/mol. The van der Waals surface area contributed by atoms with Gasteiger partial charge in [0.2, 0.25) is 0 Å². The molecule has 1 aromatic carbocycles. The zero-order chi connectivity index (χ0) is 17.7. The molecule has 0 amide bonds. The second-order valence-electron chi connectivity index (χ2n) is 4.99. The first-order valence-corrected chi connectivity index (χ1v) is 8.29. The maximum Gasteiger partial charge on any atom is 0.333 e. The molecule has 0 fully saturated rings. The van der Waals surface area contributed by atoms with Gasteiger partial charge in [0, 0.05) is 23.2 Å². The molecule has 1 atom stereocenters. The molecule has 126 valence electrons. The lowest BCUT2D eigenvalue weighted by molar-refractivity contribution is -0.133. The number of carboxylic acids is 2. The molecule has 0 bridgehead atoms. The number of carbonyl (C=O) groups is 3. The molecule has 2 N–H and O–H groups in total. The van der Waals surface area contributed by atoms with Crippen molar-refractivity contribution in [3.8, 4) is 0 Å². The van der Waals surface area contributed by atoms with E-state index in [1.807, 2.05) is 0 Å². The van der Waals surface area contributed by atoms with Crippen molar-refractivity contribution in [2.45, 2.75) is 11.3 Å². The van der Waals surface area contributed by atoms with Gasteiger partial charge in [-0.15, -0.1) is 0 Å². The highest BCUT2D eigenvalue weighted by Gasteiger charge is 2.28. The van der Waals surface area contributed by atoms with Gasteiger partial charge in [0.05, 0.1) is 34.2 Å². The average Bonchev–Trinajstić information content (AvgIpc) is 2.56. The minimum atomic E-state index is -1.52. The van der Waals surface area contributed by atoms with Crippen molar-refractivity contribution in [1.82, 2.24) is 4.90 Å². The van der Waals surface area contributed by atoms with Gasteiger partial charge in [-0.2, -0.15) is 0 Å². The normalized spacial score (nSPS) is 15.7. The topological polar surface area (TPSA) is 112 Å². The van der Waals surface area contributed by atoms with Crippen molar-refractivity contribution in [1.29, 1.82) is 0 Å². The summed E-state index contributed by atoms with van der Waals surface area (Å²) in [6.07, 6.45) is 1.47. The Bertz CT molecular complexity index is 753. The second kappa shape index (κ2) is 7.69. The van der Waals surface area contributed by atoms with Crippen LogP contribution in [0.15, 0.2) is 58.3 Å². The van der Waals surface area contributed by atoms with Gasteiger partial charge in [0.1, 0.15) is 6.29 Å². The van der Waals surface area contributed by atoms with E-state index in [1.165, 1.54) is 11.1 Å². The van der Waals surface area contributed by atoms with Gasteiger partial charge in [-0.3, -0.25) is 4.21 Å². The van der Waals surface area contributed by atoms with Gasteiger partial charge in [0.15, 0.2) is 0 Å². The van der Waals surface area contributed by atoms with Crippen LogP contribution in [0.5, 0.6) is 0 Å². The number of benzene rings is 1. The van der Waals surface area contributed by atoms with Gasteiger partial charge in [-0.25, -0.2) is 9.59 Å². The Morgan fingerprint density at radius 3 is 2.38 bits per heavy atom. The van der Waals surface area contributed by atoms with E-state index in [0.29, 0.717) is 11.2 Å². The molecule has 0 aromatic heterocycles. The highest BCUT2D eigenvalue weighted by Crippen LogP contribution is 2.27. The molecule has 0 aliphatic carbocycles. The van der Waals surface area contributed by atoms with Crippen LogP contribution < -0.4 is 0 Å². The largest absolute Gasteiger partial charge is 0.478 e. The fraction of sp³-hybridized carbons (Fsp3) is 0.188. The minimum absolute atomic E-state index is 0.122. The van der Waals surface area contributed by atoms with Gasteiger partial charge >= 0.3 is 11.9 Å². The highest BCUT2D eigenvalue weighted by molar-refractivity contribution is 7.85. The molecule has 24 heavy (non-hydrogen) atoms. The van der Waals surface area contributed by atoms with Crippen LogP contribution in [-0.4, -0.2) is 49.8 Å². The van der Waals surface area contributed by atoms with E-state index in [-0.39, 0.29) is 35.6 Å². The molecule has 0 spiro atoms. The van der Waals surface area contributed by atoms with Crippen LogP contribution in [0.4, 0.5) is 0 Å². The number of carboxylic acid groups (broad SMARTS) is 2. The van der Waals surface area contributed by atoms with Crippen molar-refractivity contribution in [2.75, 3.05) is 12.3 Å². The van der Waals surface area contributed by atoms with Crippen LogP contribution >= 0.6 is 0 Å². The summed E-state index contributed by atoms with van der Waals surface area (Å²) in [6, 6.07) is 8.51. The Balaban J connectivity index is 2.39. The highest BCUT2D eigenvalue weighted by atomic mass is 32.2. The molecule has 1 aliphatic heterocycles. The quantitative estimate of drug-likeness (QED) is 0.706. The molecule has 1 aliphatic rings. The predicted octanol–water partition coefficient (Wildman–Crippen LogP) is 1.01. The maximum atomic E-state index is 12.5. The summed E-state index contributed by atoms with van der Waals surface area (Å²) in [7, 11) is -1.52. The number of hydrogen-bond acceptors (Lipinski definition) is 5. The maximum absolute atomic E-state index is 12.5. The minimum Gasteiger partial charge on any atom is -0.478 e. The van der Waals surface area contributed by atoms with Crippen molar-refractivity contribution < 1.29 is 28.8 Å². The van der Waals surface area contributed by atoms with Gasteiger partial charge < -0.3 is 19.9 Å². The Morgan fingerprint density at radius 1 is 1.17 bits per heavy atom. The number of nitrogens with zero attached hydrogens (tertiary/aromatic N) is 1. The Morgan fingerprint density at radius 2 is 1.83 bits per heavy atom. The number of rotatable bonds is 7. The standard InChI is InChI=1S/C16H15NO6S/c18-7-6-17-9-11(15(19)20)8-13(16(21)22)14(17)10-24(23)12-4-2-1-3-5-12/h1-5,7,9H,6,8,10H2,(H,19,20)(H,21,22). The van der Waals surface area contributed by atoms with Crippen LogP contribution in [-0.2, 0) is 25.2 Å². The van der Waals surface area contributed by atoms with Crippen molar-refractivity contribution >= 4 is 29.0 Å². The van der Waals surface area contributed by atoms with E-state index in [9.17, 15) is 23.7 Å². The van der Waals surface area contributed by atoms with E-state index in [4.69, 9.17) is 5.11 Å². The van der Waals surface area contributed by atoms with Crippen LogP contribution in [0.1, 0.15) is 6.42 Å². The summed E-state index contributed by atoms with van der Waals surface area (Å²) in [5.74, 6) is -2.67. The molecule has 0 radical (unpaired) electrons. The Hall–Kier alpha value is -2.74. The number of carbonyl (C=O) groups excluding carboxylic acids is 1. The third-order valence-corrected chi connectivity index (χ3v) is 4.79. The summed E-state index contributed by atoms with van der Waals surface area (Å²) in [5, 5.41) is 18.5. The number of aliphatic carboxylic acids is 2. The second-order valence-corrected chi connectivity index (χ2v) is 6.44. The zero-order valence-electron chi connectivity index (χ0n) is 12.5. The lowest BCUT2D eigenvalue weighted by Gasteiger charge is -2.28. The molecule has 1 aromatic rings. The molecule has 7 nitrogen and oxygen atoms in total. The molecular weight excluding hydrogens is 334 g/mol. The summed E-state index contributed by atoms with van der Waals surface area (Å²) in [6.45, 7) is -0.213.